The van der Waals surface area contributed by atoms with Crippen LogP contribution in [0.3, 0.4) is 0 Å². The zero-order valence-electron chi connectivity index (χ0n) is 15.3. The number of benzene rings is 2. The predicted octanol–water partition coefficient (Wildman–Crippen LogP) is 4.19. The maximum Gasteiger partial charge on any atom is 0.259 e. The van der Waals surface area contributed by atoms with Crippen molar-refractivity contribution in [3.8, 4) is 11.4 Å². The minimum atomic E-state index is -3.29. The van der Waals surface area contributed by atoms with Gasteiger partial charge in [0.1, 0.15) is 5.75 Å². The molecular weight excluding hydrogens is 400 g/mol. The molecule has 0 aliphatic rings. The van der Waals surface area contributed by atoms with Crippen molar-refractivity contribution in [3.63, 3.8) is 0 Å². The number of rotatable bonds is 6. The van der Waals surface area contributed by atoms with Gasteiger partial charge < -0.3 is 14.6 Å². The predicted molar refractivity (Wildman–Crippen MR) is 109 cm³/mol. The lowest BCUT2D eigenvalue weighted by Crippen LogP contribution is -2.14. The highest BCUT2D eigenvalue weighted by Gasteiger charge is 2.17. The number of carbonyl (C=O) groups is 1. The lowest BCUT2D eigenvalue weighted by molar-refractivity contribution is 0.102. The molecule has 1 aromatic heterocycles. The minimum absolute atomic E-state index is 0.0160. The van der Waals surface area contributed by atoms with Crippen LogP contribution >= 0.6 is 11.6 Å². The van der Waals surface area contributed by atoms with E-state index in [1.54, 1.807) is 31.2 Å². The molecule has 1 amide bonds. The van der Waals surface area contributed by atoms with Gasteiger partial charge in [-0.3, -0.25) is 4.79 Å². The van der Waals surface area contributed by atoms with Crippen LogP contribution in [-0.2, 0) is 9.84 Å². The molecule has 3 rings (SSSR count). The summed E-state index contributed by atoms with van der Waals surface area (Å²) in [6.07, 6.45) is 3.68. The number of carbonyl (C=O) groups excluding carboxylic acids is 1. The van der Waals surface area contributed by atoms with E-state index in [0.29, 0.717) is 22.1 Å². The van der Waals surface area contributed by atoms with Crippen LogP contribution in [-0.4, -0.2) is 31.8 Å². The highest BCUT2D eigenvalue weighted by atomic mass is 35.5. The highest BCUT2D eigenvalue weighted by molar-refractivity contribution is 7.91. The Morgan fingerprint density at radius 2 is 1.79 bits per heavy atom. The molecule has 0 unspecified atom stereocenters. The first-order valence-corrected chi connectivity index (χ1v) is 10.5. The monoisotopic (exact) mass is 418 g/mol. The summed E-state index contributed by atoms with van der Waals surface area (Å²) in [5.74, 6) is -0.0259. The van der Waals surface area contributed by atoms with Crippen molar-refractivity contribution in [3.05, 3.63) is 71.5 Å². The van der Waals surface area contributed by atoms with Crippen LogP contribution < -0.4 is 10.1 Å². The largest absolute Gasteiger partial charge is 0.496 e. The number of aromatic nitrogens is 1. The molecule has 0 atom stereocenters. The van der Waals surface area contributed by atoms with E-state index >= 15 is 0 Å². The third-order valence-corrected chi connectivity index (χ3v) is 6.30. The second-order valence-electron chi connectivity index (χ2n) is 5.98. The van der Waals surface area contributed by atoms with Gasteiger partial charge in [-0.25, -0.2) is 8.42 Å². The van der Waals surface area contributed by atoms with Gasteiger partial charge in [-0.15, -0.1) is 0 Å². The van der Waals surface area contributed by atoms with Gasteiger partial charge in [0, 0.05) is 24.1 Å². The van der Waals surface area contributed by atoms with Gasteiger partial charge in [0.05, 0.1) is 34.0 Å². The maximum atomic E-state index is 12.7. The first kappa shape index (κ1) is 20.0. The molecular formula is C20H19ClN2O4S. The molecule has 2 aromatic carbocycles. The molecule has 0 aliphatic heterocycles. The van der Waals surface area contributed by atoms with Gasteiger partial charge >= 0.3 is 0 Å². The number of sulfone groups is 1. The smallest absolute Gasteiger partial charge is 0.259 e. The number of hydrogen-bond acceptors (Lipinski definition) is 4. The molecule has 28 heavy (non-hydrogen) atoms. The topological polar surface area (TPSA) is 77.4 Å². The van der Waals surface area contributed by atoms with E-state index in [2.05, 4.69) is 5.32 Å². The molecule has 146 valence electrons. The van der Waals surface area contributed by atoms with Gasteiger partial charge in [-0.2, -0.15) is 0 Å². The molecule has 0 spiro atoms. The summed E-state index contributed by atoms with van der Waals surface area (Å²) in [5, 5.41) is 3.13. The summed E-state index contributed by atoms with van der Waals surface area (Å²) in [4.78, 5) is 12.9. The van der Waals surface area contributed by atoms with Gasteiger partial charge in [-0.1, -0.05) is 18.5 Å². The second kappa shape index (κ2) is 8.08. The molecule has 0 fully saturated rings. The Labute approximate surface area is 168 Å². The van der Waals surface area contributed by atoms with Crippen molar-refractivity contribution in [2.45, 2.75) is 11.8 Å². The Morgan fingerprint density at radius 3 is 2.36 bits per heavy atom. The Kier molecular flexibility index (Phi) is 5.76. The lowest BCUT2D eigenvalue weighted by atomic mass is 10.1. The second-order valence-corrected chi connectivity index (χ2v) is 8.66. The summed E-state index contributed by atoms with van der Waals surface area (Å²) in [5.41, 5.74) is 1.43. The molecule has 0 saturated heterocycles. The average Bonchev–Trinajstić information content (AvgIpc) is 3.22. The normalized spacial score (nSPS) is 11.2. The minimum Gasteiger partial charge on any atom is -0.496 e. The van der Waals surface area contributed by atoms with E-state index in [-0.39, 0.29) is 16.2 Å². The first-order valence-electron chi connectivity index (χ1n) is 8.50. The standard InChI is InChI=1S/C20H19ClN2O4S/c1-3-28(25,26)15-8-6-14(7-9-15)22-20(24)16-12-17(21)18(13-19(16)27-2)23-10-4-5-11-23/h4-13H,3H2,1-2H3,(H,22,24). The van der Waals surface area contributed by atoms with Crippen LogP contribution in [0.15, 0.2) is 65.8 Å². The molecule has 3 aromatic rings. The van der Waals surface area contributed by atoms with Crippen molar-refractivity contribution in [2.24, 2.45) is 0 Å². The molecule has 0 aliphatic carbocycles. The van der Waals surface area contributed by atoms with E-state index in [9.17, 15) is 13.2 Å². The number of nitrogens with zero attached hydrogens (tertiary/aromatic N) is 1. The Bertz CT molecular complexity index is 1090. The van der Waals surface area contributed by atoms with Crippen molar-refractivity contribution < 1.29 is 17.9 Å². The van der Waals surface area contributed by atoms with Crippen LogP contribution in [0.5, 0.6) is 5.75 Å². The number of amides is 1. The summed E-state index contributed by atoms with van der Waals surface area (Å²) in [6, 6.07) is 13.0. The summed E-state index contributed by atoms with van der Waals surface area (Å²) in [7, 11) is -1.81. The number of halogens is 1. The van der Waals surface area contributed by atoms with Crippen LogP contribution in [0.2, 0.25) is 5.02 Å². The first-order chi connectivity index (χ1) is 13.4. The molecule has 0 saturated carbocycles. The van der Waals surface area contributed by atoms with E-state index in [1.165, 1.54) is 19.2 Å². The van der Waals surface area contributed by atoms with E-state index < -0.39 is 15.7 Å². The summed E-state index contributed by atoms with van der Waals surface area (Å²) < 4.78 is 31.0. The van der Waals surface area contributed by atoms with Gasteiger partial charge in [0.25, 0.3) is 5.91 Å². The van der Waals surface area contributed by atoms with Crippen LogP contribution in [0, 0.1) is 0 Å². The average molecular weight is 419 g/mol. The van der Waals surface area contributed by atoms with Gasteiger partial charge in [0.2, 0.25) is 0 Å². The summed E-state index contributed by atoms with van der Waals surface area (Å²) in [6.45, 7) is 1.58. The van der Waals surface area contributed by atoms with E-state index in [1.807, 2.05) is 29.1 Å². The van der Waals surface area contributed by atoms with E-state index in [4.69, 9.17) is 16.3 Å². The van der Waals surface area contributed by atoms with Gasteiger partial charge in [0.15, 0.2) is 9.84 Å². The number of methoxy groups -OCH3 is 1. The highest BCUT2D eigenvalue weighted by Crippen LogP contribution is 2.30. The van der Waals surface area contributed by atoms with Crippen LogP contribution in [0.4, 0.5) is 5.69 Å². The summed E-state index contributed by atoms with van der Waals surface area (Å²) >= 11 is 6.36. The maximum absolute atomic E-state index is 12.7. The SMILES string of the molecule is CCS(=O)(=O)c1ccc(NC(=O)c2cc(Cl)c(-n3cccc3)cc2OC)cc1. The van der Waals surface area contributed by atoms with Crippen LogP contribution in [0.1, 0.15) is 17.3 Å². The number of ether oxygens (including phenoxy) is 1. The number of anilines is 1. The zero-order chi connectivity index (χ0) is 20.3. The lowest BCUT2D eigenvalue weighted by Gasteiger charge is -2.14. The van der Waals surface area contributed by atoms with Crippen molar-refractivity contribution in [1.82, 2.24) is 4.57 Å². The molecule has 0 bridgehead atoms. The fourth-order valence-corrected chi connectivity index (χ4v) is 3.84. The van der Waals surface area contributed by atoms with E-state index in [0.717, 1.165) is 0 Å². The zero-order valence-corrected chi connectivity index (χ0v) is 16.9. The molecule has 6 nitrogen and oxygen atoms in total. The third kappa shape index (κ3) is 4.05. The molecule has 1 heterocycles. The fourth-order valence-electron chi connectivity index (χ4n) is 2.69. The Morgan fingerprint density at radius 1 is 1.14 bits per heavy atom. The van der Waals surface area contributed by atoms with Gasteiger partial charge in [-0.05, 0) is 42.5 Å². The van der Waals surface area contributed by atoms with Crippen molar-refractivity contribution >= 4 is 33.0 Å². The van der Waals surface area contributed by atoms with Crippen LogP contribution in [0.25, 0.3) is 5.69 Å². The number of nitrogens with one attached hydrogen (secondary N) is 1. The Hall–Kier alpha value is -2.77. The van der Waals surface area contributed by atoms with Crippen molar-refractivity contribution in [1.29, 1.82) is 0 Å². The van der Waals surface area contributed by atoms with Crippen molar-refractivity contribution in [2.75, 3.05) is 18.2 Å². The molecule has 1 N–H and O–H groups in total. The third-order valence-electron chi connectivity index (χ3n) is 4.25. The molecule has 8 heteroatoms. The quantitative estimate of drug-likeness (QED) is 0.651. The fraction of sp³-hybridized carbons (Fsp3) is 0.150. The molecule has 0 radical (unpaired) electrons. The number of hydrogen-bond donors (Lipinski definition) is 1. The Balaban J connectivity index is 1.87.